The molecule has 4 rings (SSSR count). The van der Waals surface area contributed by atoms with Crippen molar-refractivity contribution in [2.75, 3.05) is 0 Å². The molecule has 0 saturated carbocycles. The number of fused-ring (bicyclic) bond motifs is 1. The Hall–Kier alpha value is -3.51. The smallest absolute Gasteiger partial charge is 0.341 e. The van der Waals surface area contributed by atoms with E-state index in [1.807, 2.05) is 30.3 Å². The Kier molecular flexibility index (Phi) is 4.86. The maximum Gasteiger partial charge on any atom is 0.341 e. The van der Waals surface area contributed by atoms with Gasteiger partial charge in [0.15, 0.2) is 0 Å². The monoisotopic (exact) mass is 408 g/mol. The predicted octanol–water partition coefficient (Wildman–Crippen LogP) is 4.60. The largest absolute Gasteiger partial charge is 0.477 e. The number of rotatable bonds is 4. The lowest BCUT2D eigenvalue weighted by Gasteiger charge is -2.13. The van der Waals surface area contributed by atoms with Crippen LogP contribution in [0.15, 0.2) is 71.8 Å². The zero-order chi connectivity index (χ0) is 20.5. The zero-order valence-electron chi connectivity index (χ0n) is 15.0. The maximum absolute atomic E-state index is 14.5. The number of pyridine rings is 2. The molecule has 0 amide bonds. The van der Waals surface area contributed by atoms with Crippen LogP contribution in [0.4, 0.5) is 4.39 Å². The molecule has 7 heteroatoms. The fourth-order valence-electron chi connectivity index (χ4n) is 3.24. The summed E-state index contributed by atoms with van der Waals surface area (Å²) in [6.07, 6.45) is 2.86. The molecule has 0 aliphatic heterocycles. The van der Waals surface area contributed by atoms with Crippen LogP contribution < -0.4 is 5.43 Å². The molecule has 0 spiro atoms. The Bertz CT molecular complexity index is 1280. The van der Waals surface area contributed by atoms with Crippen LogP contribution in [-0.4, -0.2) is 20.6 Å². The molecule has 2 heterocycles. The number of aromatic carboxylic acids is 1. The van der Waals surface area contributed by atoms with Gasteiger partial charge in [0, 0.05) is 29.9 Å². The van der Waals surface area contributed by atoms with Crippen molar-refractivity contribution in [2.24, 2.45) is 0 Å². The van der Waals surface area contributed by atoms with E-state index in [-0.39, 0.29) is 17.4 Å². The van der Waals surface area contributed by atoms with Gasteiger partial charge >= 0.3 is 5.97 Å². The van der Waals surface area contributed by atoms with E-state index in [0.717, 1.165) is 16.7 Å². The quantitative estimate of drug-likeness (QED) is 0.501. The number of nitrogens with zero attached hydrogens (tertiary/aromatic N) is 2. The Morgan fingerprint density at radius 1 is 1.07 bits per heavy atom. The van der Waals surface area contributed by atoms with Crippen LogP contribution in [-0.2, 0) is 6.54 Å². The van der Waals surface area contributed by atoms with Crippen LogP contribution in [0.2, 0.25) is 5.15 Å². The minimum Gasteiger partial charge on any atom is -0.477 e. The second kappa shape index (κ2) is 7.48. The van der Waals surface area contributed by atoms with E-state index >= 15 is 0 Å². The number of hydrogen-bond acceptors (Lipinski definition) is 3. The van der Waals surface area contributed by atoms with E-state index in [1.165, 1.54) is 29.0 Å². The second-order valence-electron chi connectivity index (χ2n) is 6.51. The molecule has 0 bridgehead atoms. The summed E-state index contributed by atoms with van der Waals surface area (Å²) in [4.78, 5) is 27.9. The van der Waals surface area contributed by atoms with Crippen LogP contribution in [0.1, 0.15) is 15.9 Å². The number of para-hydroxylation sites is 1. The van der Waals surface area contributed by atoms with E-state index in [1.54, 1.807) is 12.3 Å². The van der Waals surface area contributed by atoms with Gasteiger partial charge in [-0.15, -0.1) is 0 Å². The van der Waals surface area contributed by atoms with E-state index in [9.17, 15) is 19.1 Å². The van der Waals surface area contributed by atoms with Crippen molar-refractivity contribution in [2.45, 2.75) is 6.54 Å². The lowest BCUT2D eigenvalue weighted by molar-refractivity contribution is 0.0695. The summed E-state index contributed by atoms with van der Waals surface area (Å²) in [6, 6.07) is 15.1. The maximum atomic E-state index is 14.5. The molecule has 0 aliphatic carbocycles. The highest BCUT2D eigenvalue weighted by molar-refractivity contribution is 6.29. The first-order valence-electron chi connectivity index (χ1n) is 8.70. The van der Waals surface area contributed by atoms with E-state index in [4.69, 9.17) is 11.6 Å². The minimum absolute atomic E-state index is 0.0359. The summed E-state index contributed by atoms with van der Waals surface area (Å²) < 4.78 is 15.9. The average molecular weight is 409 g/mol. The number of aromatic nitrogens is 2. The number of benzene rings is 2. The summed E-state index contributed by atoms with van der Waals surface area (Å²) >= 11 is 5.81. The van der Waals surface area contributed by atoms with Crippen LogP contribution in [0.25, 0.3) is 22.0 Å². The van der Waals surface area contributed by atoms with Gasteiger partial charge in [-0.25, -0.2) is 14.2 Å². The third kappa shape index (κ3) is 3.62. The van der Waals surface area contributed by atoms with Gasteiger partial charge in [0.05, 0.1) is 5.52 Å². The topological polar surface area (TPSA) is 72.2 Å². The van der Waals surface area contributed by atoms with Gasteiger partial charge in [-0.3, -0.25) is 4.79 Å². The Morgan fingerprint density at radius 2 is 1.79 bits per heavy atom. The van der Waals surface area contributed by atoms with Gasteiger partial charge in [0.2, 0.25) is 5.43 Å². The molecule has 5 nitrogen and oxygen atoms in total. The lowest BCUT2D eigenvalue weighted by atomic mass is 10.1. The highest BCUT2D eigenvalue weighted by Crippen LogP contribution is 2.22. The normalized spacial score (nSPS) is 11.0. The standard InChI is InChI=1S/C22H14ClFN2O3/c23-19-9-8-15(10-25-19)14-6-4-13(5-7-14)11-26-12-17(22(28)29)21(27)16-2-1-3-18(24)20(16)26/h1-10,12H,11H2,(H,28,29). The fourth-order valence-corrected chi connectivity index (χ4v) is 3.35. The van der Waals surface area contributed by atoms with Crippen LogP contribution in [0.5, 0.6) is 0 Å². The first-order chi connectivity index (χ1) is 13.9. The first-order valence-corrected chi connectivity index (χ1v) is 9.07. The SMILES string of the molecule is O=C(O)c1cn(Cc2ccc(-c3ccc(Cl)nc3)cc2)c2c(F)cccc2c1=O. The summed E-state index contributed by atoms with van der Waals surface area (Å²) in [7, 11) is 0. The molecule has 0 unspecified atom stereocenters. The molecule has 0 radical (unpaired) electrons. The van der Waals surface area contributed by atoms with Gasteiger partial charge in [0.25, 0.3) is 0 Å². The van der Waals surface area contributed by atoms with Crippen LogP contribution in [0, 0.1) is 5.82 Å². The van der Waals surface area contributed by atoms with Crippen LogP contribution in [0.3, 0.4) is 0 Å². The molecule has 4 aromatic rings. The van der Waals surface area contributed by atoms with Gasteiger partial charge in [-0.1, -0.05) is 41.9 Å². The molecule has 2 aromatic heterocycles. The van der Waals surface area contributed by atoms with Gasteiger partial charge in [-0.2, -0.15) is 0 Å². The third-order valence-corrected chi connectivity index (χ3v) is 4.87. The Balaban J connectivity index is 1.76. The molecule has 29 heavy (non-hydrogen) atoms. The molecule has 0 saturated heterocycles. The lowest BCUT2D eigenvalue weighted by Crippen LogP contribution is -2.19. The second-order valence-corrected chi connectivity index (χ2v) is 6.89. The first kappa shape index (κ1) is 18.8. The highest BCUT2D eigenvalue weighted by atomic mass is 35.5. The number of carboxylic acids is 1. The van der Waals surface area contributed by atoms with Crippen molar-refractivity contribution >= 4 is 28.5 Å². The third-order valence-electron chi connectivity index (χ3n) is 4.65. The predicted molar refractivity (Wildman–Crippen MR) is 109 cm³/mol. The summed E-state index contributed by atoms with van der Waals surface area (Å²) in [5.74, 6) is -1.93. The number of hydrogen-bond donors (Lipinski definition) is 1. The number of carboxylic acid groups (broad SMARTS) is 1. The van der Waals surface area contributed by atoms with Gasteiger partial charge < -0.3 is 9.67 Å². The van der Waals surface area contributed by atoms with E-state index < -0.39 is 22.8 Å². The van der Waals surface area contributed by atoms with E-state index in [0.29, 0.717) is 5.15 Å². The van der Waals surface area contributed by atoms with E-state index in [2.05, 4.69) is 4.98 Å². The van der Waals surface area contributed by atoms with Crippen molar-refractivity contribution in [1.29, 1.82) is 0 Å². The van der Waals surface area contributed by atoms with Crippen molar-refractivity contribution in [3.63, 3.8) is 0 Å². The minimum atomic E-state index is -1.35. The van der Waals surface area contributed by atoms with Crippen molar-refractivity contribution < 1.29 is 14.3 Å². The Labute approximate surface area is 169 Å². The molecular weight excluding hydrogens is 395 g/mol. The zero-order valence-corrected chi connectivity index (χ0v) is 15.7. The summed E-state index contributed by atoms with van der Waals surface area (Å²) in [5.41, 5.74) is 1.63. The highest BCUT2D eigenvalue weighted by Gasteiger charge is 2.17. The number of carbonyl (C=O) groups is 1. The molecule has 0 aliphatic rings. The number of halogens is 2. The molecule has 2 aromatic carbocycles. The molecule has 1 N–H and O–H groups in total. The molecule has 144 valence electrons. The van der Waals surface area contributed by atoms with Crippen LogP contribution >= 0.6 is 11.6 Å². The van der Waals surface area contributed by atoms with Crippen molar-refractivity contribution in [3.05, 3.63) is 99.3 Å². The van der Waals surface area contributed by atoms with Crippen molar-refractivity contribution in [3.8, 4) is 11.1 Å². The summed E-state index contributed by atoms with van der Waals surface area (Å²) in [5, 5.41) is 9.79. The molecule has 0 fully saturated rings. The van der Waals surface area contributed by atoms with Gasteiger partial charge in [0.1, 0.15) is 16.5 Å². The molecular formula is C22H14ClFN2O3. The Morgan fingerprint density at radius 3 is 2.45 bits per heavy atom. The van der Waals surface area contributed by atoms with Crippen molar-refractivity contribution in [1.82, 2.24) is 9.55 Å². The average Bonchev–Trinajstić information content (AvgIpc) is 2.71. The molecule has 0 atom stereocenters. The fraction of sp³-hybridized carbons (Fsp3) is 0.0455. The summed E-state index contributed by atoms with van der Waals surface area (Å²) in [6.45, 7) is 0.205. The van der Waals surface area contributed by atoms with Gasteiger partial charge in [-0.05, 0) is 35.4 Å².